The van der Waals surface area contributed by atoms with Gasteiger partial charge in [0.2, 0.25) is 0 Å². The molecule has 0 aliphatic rings. The van der Waals surface area contributed by atoms with Gasteiger partial charge in [-0.25, -0.2) is 8.42 Å². The fourth-order valence-corrected chi connectivity index (χ4v) is 1.60. The summed E-state index contributed by atoms with van der Waals surface area (Å²) < 4.78 is 23.0. The van der Waals surface area contributed by atoms with E-state index in [4.69, 9.17) is 15.9 Å². The maximum Gasteiger partial charge on any atom is 0.264 e. The first-order chi connectivity index (χ1) is 6.49. The van der Waals surface area contributed by atoms with Crippen LogP contribution in [0.2, 0.25) is 0 Å². The third-order valence-corrected chi connectivity index (χ3v) is 3.02. The van der Waals surface area contributed by atoms with Gasteiger partial charge in [0.1, 0.15) is 10.9 Å². The fraction of sp³-hybridized carbons (Fsp3) is 0.429. The molecule has 0 bridgehead atoms. The zero-order chi connectivity index (χ0) is 10.8. The summed E-state index contributed by atoms with van der Waals surface area (Å²) >= 11 is 0. The molecule has 0 N–H and O–H groups in total. The van der Waals surface area contributed by atoms with Crippen molar-refractivity contribution in [2.24, 2.45) is 0 Å². The van der Waals surface area contributed by atoms with Gasteiger partial charge in [0, 0.05) is 16.9 Å². The molecule has 1 aromatic rings. The molecule has 1 unspecified atom stereocenters. The van der Waals surface area contributed by atoms with Crippen LogP contribution in [0.4, 0.5) is 0 Å². The van der Waals surface area contributed by atoms with E-state index in [-0.39, 0.29) is 4.90 Å². The number of hydrogen-bond acceptors (Lipinski definition) is 4. The maximum absolute atomic E-state index is 10.9. The highest BCUT2D eigenvalue weighted by atomic mass is 35.7. The summed E-state index contributed by atoms with van der Waals surface area (Å²) in [7, 11) is 1.35. The highest BCUT2D eigenvalue weighted by molar-refractivity contribution is 8.13. The molecule has 0 saturated heterocycles. The smallest absolute Gasteiger partial charge is 0.254 e. The van der Waals surface area contributed by atoms with E-state index in [1.54, 1.807) is 0 Å². The average Bonchev–Trinajstić information content (AvgIpc) is 2.54. The number of nitriles is 1. The Morgan fingerprint density at radius 1 is 1.79 bits per heavy atom. The van der Waals surface area contributed by atoms with Crippen LogP contribution in [0.15, 0.2) is 17.3 Å². The minimum Gasteiger partial charge on any atom is -0.254 e. The second-order valence-electron chi connectivity index (χ2n) is 2.65. The second kappa shape index (κ2) is 3.98. The molecule has 0 radical (unpaired) electrons. The van der Waals surface area contributed by atoms with Crippen LogP contribution in [-0.4, -0.2) is 18.2 Å². The Bertz CT molecular complexity index is 460. The maximum atomic E-state index is 10.9. The summed E-state index contributed by atoms with van der Waals surface area (Å²) in [5.74, 6) is 0. The van der Waals surface area contributed by atoms with E-state index in [1.165, 1.54) is 10.9 Å². The van der Waals surface area contributed by atoms with Crippen molar-refractivity contribution in [3.8, 4) is 6.07 Å². The highest BCUT2D eigenvalue weighted by Crippen LogP contribution is 2.16. The lowest BCUT2D eigenvalue weighted by Gasteiger charge is -2.04. The SMILES string of the molecule is CCC(C#N)n1cc(S(=O)(=O)Cl)cn1. The van der Waals surface area contributed by atoms with Gasteiger partial charge in [-0.1, -0.05) is 6.92 Å². The Kier molecular flexibility index (Phi) is 3.13. The third kappa shape index (κ3) is 2.25. The van der Waals surface area contributed by atoms with Crippen LogP contribution in [0.1, 0.15) is 19.4 Å². The van der Waals surface area contributed by atoms with Gasteiger partial charge in [0.15, 0.2) is 0 Å². The largest absolute Gasteiger partial charge is 0.264 e. The van der Waals surface area contributed by atoms with Crippen LogP contribution in [0.25, 0.3) is 0 Å². The van der Waals surface area contributed by atoms with Crippen molar-refractivity contribution in [2.45, 2.75) is 24.3 Å². The first-order valence-corrected chi connectivity index (χ1v) is 6.18. The topological polar surface area (TPSA) is 75.8 Å². The molecule has 76 valence electrons. The lowest BCUT2D eigenvalue weighted by atomic mass is 10.3. The molecule has 0 fully saturated rings. The molecule has 0 saturated carbocycles. The van der Waals surface area contributed by atoms with Crippen molar-refractivity contribution >= 4 is 19.7 Å². The van der Waals surface area contributed by atoms with Gasteiger partial charge in [0.05, 0.1) is 12.3 Å². The molecule has 5 nitrogen and oxygen atoms in total. The molecule has 7 heteroatoms. The van der Waals surface area contributed by atoms with Gasteiger partial charge >= 0.3 is 0 Å². The van der Waals surface area contributed by atoms with Crippen LogP contribution >= 0.6 is 10.7 Å². The molecule has 0 amide bonds. The van der Waals surface area contributed by atoms with Crippen LogP contribution in [0.5, 0.6) is 0 Å². The molecule has 1 heterocycles. The summed E-state index contributed by atoms with van der Waals surface area (Å²) in [6, 6.07) is 1.54. The van der Waals surface area contributed by atoms with E-state index in [9.17, 15) is 8.42 Å². The monoisotopic (exact) mass is 233 g/mol. The van der Waals surface area contributed by atoms with Crippen molar-refractivity contribution < 1.29 is 8.42 Å². The Morgan fingerprint density at radius 3 is 2.79 bits per heavy atom. The van der Waals surface area contributed by atoms with Crippen LogP contribution in [0.3, 0.4) is 0 Å². The Morgan fingerprint density at radius 2 is 2.43 bits per heavy atom. The molecule has 14 heavy (non-hydrogen) atoms. The summed E-state index contributed by atoms with van der Waals surface area (Å²) in [5.41, 5.74) is 0. The minimum absolute atomic E-state index is 0.0899. The number of hydrogen-bond donors (Lipinski definition) is 0. The van der Waals surface area contributed by atoms with Gasteiger partial charge in [0.25, 0.3) is 9.05 Å². The van der Waals surface area contributed by atoms with Crippen LogP contribution in [-0.2, 0) is 9.05 Å². The summed E-state index contributed by atoms with van der Waals surface area (Å²) in [5, 5.41) is 12.5. The Labute approximate surface area is 86.3 Å². The number of nitrogens with zero attached hydrogens (tertiary/aromatic N) is 3. The molecule has 0 spiro atoms. The van der Waals surface area contributed by atoms with E-state index < -0.39 is 15.1 Å². The summed E-state index contributed by atoms with van der Waals surface area (Å²) in [6.07, 6.45) is 2.93. The minimum atomic E-state index is -3.75. The number of halogens is 1. The quantitative estimate of drug-likeness (QED) is 0.737. The molecule has 1 rings (SSSR count). The van der Waals surface area contributed by atoms with E-state index in [2.05, 4.69) is 5.10 Å². The lowest BCUT2D eigenvalue weighted by molar-refractivity contribution is 0.533. The van der Waals surface area contributed by atoms with Crippen molar-refractivity contribution in [1.29, 1.82) is 5.26 Å². The first-order valence-electron chi connectivity index (χ1n) is 3.87. The first kappa shape index (κ1) is 11.0. The van der Waals surface area contributed by atoms with Gasteiger partial charge in [-0.05, 0) is 6.42 Å². The Hall–Kier alpha value is -1.06. The molecule has 0 aliphatic heterocycles. The molecular weight excluding hydrogens is 226 g/mol. The van der Waals surface area contributed by atoms with Gasteiger partial charge < -0.3 is 0 Å². The van der Waals surface area contributed by atoms with Crippen LogP contribution in [0, 0.1) is 11.3 Å². The lowest BCUT2D eigenvalue weighted by Crippen LogP contribution is -2.05. The predicted octanol–water partition coefficient (Wildman–Crippen LogP) is 1.29. The zero-order valence-electron chi connectivity index (χ0n) is 7.38. The van der Waals surface area contributed by atoms with Crippen molar-refractivity contribution in [3.05, 3.63) is 12.4 Å². The van der Waals surface area contributed by atoms with E-state index in [0.717, 1.165) is 6.20 Å². The van der Waals surface area contributed by atoms with E-state index >= 15 is 0 Å². The predicted molar refractivity (Wildman–Crippen MR) is 50.2 cm³/mol. The van der Waals surface area contributed by atoms with Crippen molar-refractivity contribution in [2.75, 3.05) is 0 Å². The number of aromatic nitrogens is 2. The van der Waals surface area contributed by atoms with Gasteiger partial charge in [-0.2, -0.15) is 10.4 Å². The van der Waals surface area contributed by atoms with Crippen molar-refractivity contribution in [1.82, 2.24) is 9.78 Å². The molecular formula is C7H8ClN3O2S. The Balaban J connectivity index is 3.07. The van der Waals surface area contributed by atoms with Gasteiger partial charge in [-0.3, -0.25) is 4.68 Å². The fourth-order valence-electron chi connectivity index (χ4n) is 0.954. The van der Waals surface area contributed by atoms with E-state index in [0.29, 0.717) is 6.42 Å². The second-order valence-corrected chi connectivity index (χ2v) is 5.21. The van der Waals surface area contributed by atoms with E-state index in [1.807, 2.05) is 13.0 Å². The summed E-state index contributed by atoms with van der Waals surface area (Å²) in [4.78, 5) is -0.0899. The zero-order valence-corrected chi connectivity index (χ0v) is 8.96. The standard InChI is InChI=1S/C7H8ClN3O2S/c1-2-6(3-9)11-5-7(4-10-11)14(8,12)13/h4-6H,2H2,1H3. The molecule has 0 aromatic carbocycles. The third-order valence-electron chi connectivity index (χ3n) is 1.71. The highest BCUT2D eigenvalue weighted by Gasteiger charge is 2.15. The number of rotatable bonds is 3. The normalized spacial score (nSPS) is 13.5. The molecule has 0 aliphatic carbocycles. The summed E-state index contributed by atoms with van der Waals surface area (Å²) in [6.45, 7) is 1.81. The van der Waals surface area contributed by atoms with Crippen molar-refractivity contribution in [3.63, 3.8) is 0 Å². The van der Waals surface area contributed by atoms with Crippen LogP contribution < -0.4 is 0 Å². The average molecular weight is 234 g/mol. The van der Waals surface area contributed by atoms with Gasteiger partial charge in [-0.15, -0.1) is 0 Å². The molecule has 1 aromatic heterocycles. The molecule has 1 atom stereocenters.